The van der Waals surface area contributed by atoms with E-state index in [1.54, 1.807) is 6.07 Å². The minimum atomic E-state index is -0.505. The molecule has 0 N–H and O–H groups in total. The van der Waals surface area contributed by atoms with Gasteiger partial charge in [-0.1, -0.05) is 48.7 Å². The van der Waals surface area contributed by atoms with E-state index >= 15 is 0 Å². The number of hydrogen-bond acceptors (Lipinski definition) is 0. The zero-order chi connectivity index (χ0) is 14.8. The summed E-state index contributed by atoms with van der Waals surface area (Å²) < 4.78 is 26.8. The Balaban J connectivity index is 2.14. The number of benzene rings is 1. The third kappa shape index (κ3) is 3.60. The summed E-state index contributed by atoms with van der Waals surface area (Å²) in [4.78, 5) is 0.264. The van der Waals surface area contributed by atoms with E-state index in [1.165, 1.54) is 38.2 Å². The monoisotopic (exact) mass is 344 g/mol. The van der Waals surface area contributed by atoms with Crippen molar-refractivity contribution in [2.75, 3.05) is 0 Å². The molecule has 0 saturated heterocycles. The molecule has 2 rings (SSSR count). The predicted molar refractivity (Wildman–Crippen MR) is 83.1 cm³/mol. The molecule has 0 nitrogen and oxygen atoms in total. The molecule has 0 amide bonds. The first-order valence-electron chi connectivity index (χ1n) is 7.51. The fourth-order valence-corrected chi connectivity index (χ4v) is 4.63. The lowest BCUT2D eigenvalue weighted by Crippen LogP contribution is -2.31. The summed E-state index contributed by atoms with van der Waals surface area (Å²) in [6.07, 6.45) is 6.76. The lowest BCUT2D eigenvalue weighted by Gasteiger charge is -2.36. The van der Waals surface area contributed by atoms with Crippen LogP contribution < -0.4 is 0 Å². The zero-order valence-electron chi connectivity index (χ0n) is 12.3. The van der Waals surface area contributed by atoms with Gasteiger partial charge in [-0.2, -0.15) is 0 Å². The van der Waals surface area contributed by atoms with Gasteiger partial charge in [0.1, 0.15) is 11.6 Å². The van der Waals surface area contributed by atoms with Gasteiger partial charge in [0.25, 0.3) is 0 Å². The first-order chi connectivity index (χ1) is 9.43. The Morgan fingerprint density at radius 2 is 1.85 bits per heavy atom. The third-order valence-corrected chi connectivity index (χ3v) is 5.79. The second kappa shape index (κ2) is 6.55. The highest BCUT2D eigenvalue weighted by molar-refractivity contribution is 9.09. The van der Waals surface area contributed by atoms with Gasteiger partial charge in [-0.05, 0) is 48.6 Å². The van der Waals surface area contributed by atoms with Gasteiger partial charge in [0.15, 0.2) is 0 Å². The Morgan fingerprint density at radius 3 is 2.40 bits per heavy atom. The summed E-state index contributed by atoms with van der Waals surface area (Å²) in [6.45, 7) is 4.50. The zero-order valence-corrected chi connectivity index (χ0v) is 13.8. The third-order valence-electron chi connectivity index (χ3n) is 4.49. The van der Waals surface area contributed by atoms with Crippen molar-refractivity contribution in [2.45, 2.75) is 57.2 Å². The first kappa shape index (κ1) is 15.9. The molecule has 1 fully saturated rings. The normalized spacial score (nSPS) is 19.5. The fraction of sp³-hybridized carbons (Fsp3) is 0.647. The highest BCUT2D eigenvalue weighted by atomic mass is 79.9. The summed E-state index contributed by atoms with van der Waals surface area (Å²) in [7, 11) is 0. The second-order valence-corrected chi connectivity index (χ2v) is 7.68. The summed E-state index contributed by atoms with van der Waals surface area (Å²) in [5.74, 6) is -0.284. The van der Waals surface area contributed by atoms with Gasteiger partial charge in [0, 0.05) is 10.9 Å². The van der Waals surface area contributed by atoms with E-state index in [-0.39, 0.29) is 10.2 Å². The first-order valence-corrected chi connectivity index (χ1v) is 8.42. The Kier molecular flexibility index (Phi) is 5.22. The number of alkyl halides is 1. The molecule has 20 heavy (non-hydrogen) atoms. The Labute approximate surface area is 129 Å². The molecule has 0 heterocycles. The smallest absolute Gasteiger partial charge is 0.129 e. The van der Waals surface area contributed by atoms with E-state index in [2.05, 4.69) is 29.8 Å². The van der Waals surface area contributed by atoms with Crippen molar-refractivity contribution in [1.29, 1.82) is 0 Å². The topological polar surface area (TPSA) is 0 Å². The van der Waals surface area contributed by atoms with Gasteiger partial charge in [-0.25, -0.2) is 8.78 Å². The highest BCUT2D eigenvalue weighted by Crippen LogP contribution is 2.49. The molecule has 1 saturated carbocycles. The van der Waals surface area contributed by atoms with Gasteiger partial charge in [0.2, 0.25) is 0 Å². The fourth-order valence-electron chi connectivity index (χ4n) is 3.63. The molecule has 0 spiro atoms. The maximum Gasteiger partial charge on any atom is 0.129 e. The van der Waals surface area contributed by atoms with E-state index in [1.807, 2.05) is 0 Å². The minimum absolute atomic E-state index is 0.264. The van der Waals surface area contributed by atoms with Crippen LogP contribution >= 0.6 is 15.9 Å². The summed E-state index contributed by atoms with van der Waals surface area (Å²) >= 11 is 3.82. The number of halogens is 3. The van der Waals surface area contributed by atoms with Crippen molar-refractivity contribution in [1.82, 2.24) is 0 Å². The largest absolute Gasteiger partial charge is 0.207 e. The quantitative estimate of drug-likeness (QED) is 0.585. The van der Waals surface area contributed by atoms with Crippen molar-refractivity contribution in [3.05, 3.63) is 35.4 Å². The Morgan fingerprint density at radius 1 is 1.20 bits per heavy atom. The summed E-state index contributed by atoms with van der Waals surface area (Å²) in [5.41, 5.74) is 0.887. The van der Waals surface area contributed by atoms with E-state index in [9.17, 15) is 8.78 Å². The molecule has 1 aliphatic rings. The minimum Gasteiger partial charge on any atom is -0.207 e. The van der Waals surface area contributed by atoms with Crippen LogP contribution in [-0.4, -0.2) is 4.83 Å². The van der Waals surface area contributed by atoms with Crippen LogP contribution in [0.15, 0.2) is 18.2 Å². The van der Waals surface area contributed by atoms with Crippen molar-refractivity contribution in [2.24, 2.45) is 11.3 Å². The molecule has 1 atom stereocenters. The molecule has 1 aliphatic carbocycles. The van der Waals surface area contributed by atoms with E-state index < -0.39 is 11.6 Å². The van der Waals surface area contributed by atoms with Crippen LogP contribution in [0.1, 0.15) is 51.5 Å². The van der Waals surface area contributed by atoms with Crippen LogP contribution in [-0.2, 0) is 6.42 Å². The maximum absolute atomic E-state index is 13.8. The molecule has 0 radical (unpaired) electrons. The van der Waals surface area contributed by atoms with Crippen molar-refractivity contribution < 1.29 is 8.78 Å². The predicted octanol–water partition coefficient (Wildman–Crippen LogP) is 5.88. The molecule has 112 valence electrons. The molecule has 3 heteroatoms. The SMILES string of the molecule is CC(C)CC1(C(Br)Cc2ccc(F)cc2F)CCCC1. The van der Waals surface area contributed by atoms with E-state index in [0.29, 0.717) is 17.9 Å². The van der Waals surface area contributed by atoms with Crippen molar-refractivity contribution in [3.8, 4) is 0 Å². The van der Waals surface area contributed by atoms with Gasteiger partial charge in [-0.15, -0.1) is 0 Å². The standard InChI is InChI=1S/C17H23BrF2/c1-12(2)11-17(7-3-4-8-17)16(18)9-13-5-6-14(19)10-15(13)20/h5-6,10,12,16H,3-4,7-9,11H2,1-2H3. The molecule has 1 unspecified atom stereocenters. The molecule has 0 bridgehead atoms. The molecule has 0 aliphatic heterocycles. The van der Waals surface area contributed by atoms with E-state index in [0.717, 1.165) is 6.07 Å². The molecular formula is C17H23BrF2. The van der Waals surface area contributed by atoms with Crippen LogP contribution in [0.3, 0.4) is 0 Å². The lowest BCUT2D eigenvalue weighted by atomic mass is 9.74. The van der Waals surface area contributed by atoms with Crippen LogP contribution in [0.5, 0.6) is 0 Å². The summed E-state index contributed by atoms with van der Waals surface area (Å²) in [6, 6.07) is 3.91. The highest BCUT2D eigenvalue weighted by Gasteiger charge is 2.40. The summed E-state index contributed by atoms with van der Waals surface area (Å²) in [5, 5.41) is 0. The van der Waals surface area contributed by atoms with Crippen LogP contribution in [0.4, 0.5) is 8.78 Å². The second-order valence-electron chi connectivity index (χ2n) is 6.57. The average Bonchev–Trinajstić information content (AvgIpc) is 2.81. The van der Waals surface area contributed by atoms with Crippen LogP contribution in [0.25, 0.3) is 0 Å². The Bertz CT molecular complexity index is 450. The Hall–Kier alpha value is -0.440. The van der Waals surface area contributed by atoms with Gasteiger partial charge >= 0.3 is 0 Å². The van der Waals surface area contributed by atoms with Crippen LogP contribution in [0.2, 0.25) is 0 Å². The number of rotatable bonds is 5. The van der Waals surface area contributed by atoms with E-state index in [4.69, 9.17) is 0 Å². The van der Waals surface area contributed by atoms with Crippen molar-refractivity contribution in [3.63, 3.8) is 0 Å². The molecule has 1 aromatic carbocycles. The molecular weight excluding hydrogens is 322 g/mol. The van der Waals surface area contributed by atoms with Gasteiger partial charge < -0.3 is 0 Å². The average molecular weight is 345 g/mol. The van der Waals surface area contributed by atoms with Crippen LogP contribution in [0, 0.1) is 23.0 Å². The lowest BCUT2D eigenvalue weighted by molar-refractivity contribution is 0.227. The molecule has 1 aromatic rings. The number of hydrogen-bond donors (Lipinski definition) is 0. The van der Waals surface area contributed by atoms with Gasteiger partial charge in [0.05, 0.1) is 0 Å². The van der Waals surface area contributed by atoms with Crippen molar-refractivity contribution >= 4 is 15.9 Å². The maximum atomic E-state index is 13.8. The molecule has 0 aromatic heterocycles. The van der Waals surface area contributed by atoms with Gasteiger partial charge in [-0.3, -0.25) is 0 Å².